The lowest BCUT2D eigenvalue weighted by Crippen LogP contribution is -2.28. The molecule has 1 aliphatic rings. The van der Waals surface area contributed by atoms with E-state index in [0.717, 1.165) is 29.5 Å². The van der Waals surface area contributed by atoms with E-state index in [1.165, 1.54) is 19.3 Å². The number of anilines is 1. The molecule has 1 fully saturated rings. The topological polar surface area (TPSA) is 85.8 Å². The van der Waals surface area contributed by atoms with Crippen molar-refractivity contribution in [2.75, 3.05) is 12.3 Å². The maximum atomic E-state index is 12.9. The number of benzene rings is 1. The zero-order chi connectivity index (χ0) is 19.0. The average molecular weight is 365 g/mol. The molecule has 6 nitrogen and oxygen atoms in total. The smallest absolute Gasteiger partial charge is 0.257 e. The van der Waals surface area contributed by atoms with Gasteiger partial charge in [0, 0.05) is 12.6 Å². The lowest BCUT2D eigenvalue weighted by atomic mass is 9.95. The van der Waals surface area contributed by atoms with Gasteiger partial charge in [0.15, 0.2) is 5.65 Å². The standard InChI is InChI=1S/C21H27N5O/c1-13(2)12-23-21(27)17-18-20(25-16-11-7-6-10-15(16)24-18)26(19(17)22)14-8-4-3-5-9-14/h6-7,10-11,13-14H,3-5,8-9,12,22H2,1-2H3,(H,23,27). The fourth-order valence-electron chi connectivity index (χ4n) is 4.00. The SMILES string of the molecule is CC(C)CNC(=O)c1c(N)n(C2CCCCC2)c2nc3ccccc3nc12. The summed E-state index contributed by atoms with van der Waals surface area (Å²) in [5.74, 6) is 0.701. The number of amides is 1. The Bertz CT molecular complexity index is 985. The van der Waals surface area contributed by atoms with Crippen LogP contribution in [0.25, 0.3) is 22.2 Å². The molecule has 1 aromatic carbocycles. The number of nitrogens with zero attached hydrogens (tertiary/aromatic N) is 3. The first-order valence-electron chi connectivity index (χ1n) is 9.90. The highest BCUT2D eigenvalue weighted by Crippen LogP contribution is 2.36. The van der Waals surface area contributed by atoms with Gasteiger partial charge < -0.3 is 15.6 Å². The lowest BCUT2D eigenvalue weighted by molar-refractivity contribution is 0.0951. The fourth-order valence-corrected chi connectivity index (χ4v) is 4.00. The third-order valence-corrected chi connectivity index (χ3v) is 5.37. The molecule has 0 atom stereocenters. The first-order chi connectivity index (χ1) is 13.1. The average Bonchev–Trinajstić information content (AvgIpc) is 2.95. The predicted molar refractivity (Wildman–Crippen MR) is 109 cm³/mol. The van der Waals surface area contributed by atoms with Crippen LogP contribution < -0.4 is 11.1 Å². The van der Waals surface area contributed by atoms with Crippen molar-refractivity contribution in [1.82, 2.24) is 19.9 Å². The van der Waals surface area contributed by atoms with Crippen LogP contribution in [0.5, 0.6) is 0 Å². The highest BCUT2D eigenvalue weighted by Gasteiger charge is 2.28. The molecule has 1 saturated carbocycles. The van der Waals surface area contributed by atoms with Crippen molar-refractivity contribution in [3.8, 4) is 0 Å². The second-order valence-corrected chi connectivity index (χ2v) is 7.91. The Balaban J connectivity index is 1.91. The van der Waals surface area contributed by atoms with E-state index in [1.807, 2.05) is 24.3 Å². The third-order valence-electron chi connectivity index (χ3n) is 5.37. The number of nitrogens with one attached hydrogen (secondary N) is 1. The Morgan fingerprint density at radius 2 is 1.85 bits per heavy atom. The normalized spacial score (nSPS) is 15.7. The van der Waals surface area contributed by atoms with Crippen LogP contribution in [0.1, 0.15) is 62.4 Å². The van der Waals surface area contributed by atoms with Gasteiger partial charge in [-0.3, -0.25) is 4.79 Å². The van der Waals surface area contributed by atoms with Gasteiger partial charge in [-0.25, -0.2) is 9.97 Å². The molecule has 0 spiro atoms. The zero-order valence-corrected chi connectivity index (χ0v) is 16.0. The summed E-state index contributed by atoms with van der Waals surface area (Å²) in [6.45, 7) is 4.75. The largest absolute Gasteiger partial charge is 0.384 e. The van der Waals surface area contributed by atoms with E-state index in [0.29, 0.717) is 29.4 Å². The van der Waals surface area contributed by atoms with Crippen molar-refractivity contribution in [2.24, 2.45) is 5.92 Å². The number of carbonyl (C=O) groups excluding carboxylic acids is 1. The van der Waals surface area contributed by atoms with Gasteiger partial charge in [-0.1, -0.05) is 45.2 Å². The number of rotatable bonds is 4. The van der Waals surface area contributed by atoms with Crippen molar-refractivity contribution in [3.05, 3.63) is 29.8 Å². The monoisotopic (exact) mass is 365 g/mol. The molecule has 2 heterocycles. The molecular weight excluding hydrogens is 338 g/mol. The minimum Gasteiger partial charge on any atom is -0.384 e. The van der Waals surface area contributed by atoms with Gasteiger partial charge in [-0.15, -0.1) is 0 Å². The van der Waals surface area contributed by atoms with E-state index in [-0.39, 0.29) is 11.9 Å². The fraction of sp³-hybridized carbons (Fsp3) is 0.476. The summed E-state index contributed by atoms with van der Waals surface area (Å²) >= 11 is 0. The van der Waals surface area contributed by atoms with Gasteiger partial charge in [0.1, 0.15) is 16.9 Å². The van der Waals surface area contributed by atoms with Crippen molar-refractivity contribution < 1.29 is 4.79 Å². The Hall–Kier alpha value is -2.63. The minimum absolute atomic E-state index is 0.162. The van der Waals surface area contributed by atoms with Crippen LogP contribution in [0.3, 0.4) is 0 Å². The molecule has 0 radical (unpaired) electrons. The number of para-hydroxylation sites is 2. The second-order valence-electron chi connectivity index (χ2n) is 7.91. The van der Waals surface area contributed by atoms with E-state index in [1.54, 1.807) is 0 Å². The van der Waals surface area contributed by atoms with Gasteiger partial charge in [-0.2, -0.15) is 0 Å². The first kappa shape index (κ1) is 17.8. The molecule has 4 rings (SSSR count). The second kappa shape index (κ2) is 7.18. The minimum atomic E-state index is -0.162. The van der Waals surface area contributed by atoms with Crippen LogP contribution in [-0.2, 0) is 0 Å². The van der Waals surface area contributed by atoms with Crippen molar-refractivity contribution in [3.63, 3.8) is 0 Å². The molecule has 0 unspecified atom stereocenters. The Morgan fingerprint density at radius 1 is 1.19 bits per heavy atom. The van der Waals surface area contributed by atoms with E-state index >= 15 is 0 Å². The molecule has 1 aliphatic carbocycles. The van der Waals surface area contributed by atoms with Gasteiger partial charge >= 0.3 is 0 Å². The van der Waals surface area contributed by atoms with Gasteiger partial charge in [-0.05, 0) is 30.9 Å². The summed E-state index contributed by atoms with van der Waals surface area (Å²) in [5, 5.41) is 3.00. The molecule has 0 saturated heterocycles. The maximum absolute atomic E-state index is 12.9. The molecule has 142 valence electrons. The summed E-state index contributed by atoms with van der Waals surface area (Å²) in [7, 11) is 0. The summed E-state index contributed by atoms with van der Waals surface area (Å²) in [6, 6.07) is 8.04. The molecule has 3 aromatic rings. The molecule has 2 aromatic heterocycles. The Morgan fingerprint density at radius 3 is 2.52 bits per heavy atom. The van der Waals surface area contributed by atoms with E-state index < -0.39 is 0 Å². The van der Waals surface area contributed by atoms with Crippen LogP contribution in [0, 0.1) is 5.92 Å². The molecule has 0 bridgehead atoms. The summed E-state index contributed by atoms with van der Waals surface area (Å²) in [5.41, 5.74) is 9.95. The van der Waals surface area contributed by atoms with Gasteiger partial charge in [0.05, 0.1) is 11.0 Å². The quantitative estimate of drug-likeness (QED) is 0.730. The number of fused-ring (bicyclic) bond motifs is 2. The number of hydrogen-bond donors (Lipinski definition) is 2. The molecule has 6 heteroatoms. The van der Waals surface area contributed by atoms with Crippen LogP contribution in [0.2, 0.25) is 0 Å². The van der Waals surface area contributed by atoms with Crippen molar-refractivity contribution in [1.29, 1.82) is 0 Å². The van der Waals surface area contributed by atoms with Crippen molar-refractivity contribution >= 4 is 33.9 Å². The summed E-state index contributed by atoms with van der Waals surface area (Å²) in [6.07, 6.45) is 5.75. The lowest BCUT2D eigenvalue weighted by Gasteiger charge is -2.25. The van der Waals surface area contributed by atoms with Crippen LogP contribution in [0.15, 0.2) is 24.3 Å². The Kier molecular flexibility index (Phi) is 4.72. The molecular formula is C21H27N5O. The van der Waals surface area contributed by atoms with E-state index in [9.17, 15) is 4.79 Å². The van der Waals surface area contributed by atoms with Crippen LogP contribution in [0.4, 0.5) is 5.82 Å². The predicted octanol–water partition coefficient (Wildman–Crippen LogP) is 4.06. The number of carbonyl (C=O) groups is 1. The molecule has 0 aliphatic heterocycles. The zero-order valence-electron chi connectivity index (χ0n) is 16.0. The van der Waals surface area contributed by atoms with E-state index in [4.69, 9.17) is 15.7 Å². The third kappa shape index (κ3) is 3.24. The molecule has 27 heavy (non-hydrogen) atoms. The van der Waals surface area contributed by atoms with Gasteiger partial charge in [0.2, 0.25) is 0 Å². The molecule has 3 N–H and O–H groups in total. The summed E-state index contributed by atoms with van der Waals surface area (Å²) < 4.78 is 2.07. The highest BCUT2D eigenvalue weighted by molar-refractivity contribution is 6.10. The van der Waals surface area contributed by atoms with Crippen LogP contribution >= 0.6 is 0 Å². The number of aromatic nitrogens is 3. The Labute approximate surface area is 159 Å². The first-order valence-corrected chi connectivity index (χ1v) is 9.90. The number of nitrogen functional groups attached to an aromatic ring is 1. The molecule has 1 amide bonds. The number of hydrogen-bond acceptors (Lipinski definition) is 4. The highest BCUT2D eigenvalue weighted by atomic mass is 16.1. The number of nitrogens with two attached hydrogens (primary N) is 1. The summed E-state index contributed by atoms with van der Waals surface area (Å²) in [4.78, 5) is 22.6. The maximum Gasteiger partial charge on any atom is 0.257 e. The van der Waals surface area contributed by atoms with Gasteiger partial charge in [0.25, 0.3) is 5.91 Å². The van der Waals surface area contributed by atoms with Crippen molar-refractivity contribution in [2.45, 2.75) is 52.0 Å². The van der Waals surface area contributed by atoms with E-state index in [2.05, 4.69) is 23.7 Å². The van der Waals surface area contributed by atoms with Crippen LogP contribution in [-0.4, -0.2) is 27.0 Å².